The van der Waals surface area contributed by atoms with Gasteiger partial charge in [0.2, 0.25) is 5.91 Å². The first-order valence-electron chi connectivity index (χ1n) is 6.89. The van der Waals surface area contributed by atoms with Crippen LogP contribution in [-0.2, 0) is 11.2 Å². The number of halogens is 2. The first-order valence-corrected chi connectivity index (χ1v) is 7.68. The topological polar surface area (TPSA) is 55.1 Å². The molecule has 1 aliphatic rings. The summed E-state index contributed by atoms with van der Waals surface area (Å²) in [5, 5.41) is 3.15. The van der Waals surface area contributed by atoms with Crippen LogP contribution < -0.4 is 11.1 Å². The van der Waals surface area contributed by atoms with Crippen molar-refractivity contribution in [1.29, 1.82) is 0 Å². The molecule has 0 spiro atoms. The number of carbonyl (C=O) groups is 1. The van der Waals surface area contributed by atoms with E-state index in [1.54, 1.807) is 0 Å². The van der Waals surface area contributed by atoms with Crippen molar-refractivity contribution in [2.75, 3.05) is 6.54 Å². The van der Waals surface area contributed by atoms with E-state index in [0.717, 1.165) is 23.7 Å². The standard InChI is InChI=1S/C15H21BrN2O.ClH/c16-13-5-3-4-12(10-13)6-7-14(19)18-15(11-17)8-1-2-9-15;/h3-5,10H,1-2,6-9,11,17H2,(H,18,19);1H. The molecule has 1 aromatic carbocycles. The first kappa shape index (κ1) is 17.5. The van der Waals surface area contributed by atoms with Gasteiger partial charge in [0.15, 0.2) is 0 Å². The van der Waals surface area contributed by atoms with E-state index in [4.69, 9.17) is 5.73 Å². The number of rotatable bonds is 5. The minimum absolute atomic E-state index is 0. The molecule has 5 heteroatoms. The minimum Gasteiger partial charge on any atom is -0.349 e. The molecule has 1 saturated carbocycles. The zero-order valence-electron chi connectivity index (χ0n) is 11.5. The number of hydrogen-bond donors (Lipinski definition) is 2. The highest BCUT2D eigenvalue weighted by molar-refractivity contribution is 9.10. The Morgan fingerprint density at radius 3 is 2.65 bits per heavy atom. The predicted octanol–water partition coefficient (Wildman–Crippen LogP) is 3.19. The van der Waals surface area contributed by atoms with Crippen LogP contribution in [0, 0.1) is 0 Å². The van der Waals surface area contributed by atoms with E-state index >= 15 is 0 Å². The summed E-state index contributed by atoms with van der Waals surface area (Å²) in [5.41, 5.74) is 6.87. The average molecular weight is 362 g/mol. The van der Waals surface area contributed by atoms with Gasteiger partial charge in [0.1, 0.15) is 0 Å². The summed E-state index contributed by atoms with van der Waals surface area (Å²) in [4.78, 5) is 12.0. The van der Waals surface area contributed by atoms with Gasteiger partial charge in [-0.15, -0.1) is 12.4 Å². The molecule has 3 N–H and O–H groups in total. The molecule has 0 aromatic heterocycles. The fraction of sp³-hybridized carbons (Fsp3) is 0.533. The Kier molecular flexibility index (Phi) is 7.00. The lowest BCUT2D eigenvalue weighted by Gasteiger charge is -2.28. The number of nitrogens with one attached hydrogen (secondary N) is 1. The number of benzene rings is 1. The third-order valence-corrected chi connectivity index (χ3v) is 4.38. The molecular formula is C15H22BrClN2O. The number of amides is 1. The molecule has 1 fully saturated rings. The molecule has 112 valence electrons. The summed E-state index contributed by atoms with van der Waals surface area (Å²) in [5.74, 6) is 0.118. The molecule has 2 rings (SSSR count). The van der Waals surface area contributed by atoms with Crippen LogP contribution in [-0.4, -0.2) is 18.0 Å². The summed E-state index contributed by atoms with van der Waals surface area (Å²) < 4.78 is 1.06. The van der Waals surface area contributed by atoms with E-state index in [1.165, 1.54) is 18.4 Å². The van der Waals surface area contributed by atoms with Crippen LogP contribution in [0.4, 0.5) is 0 Å². The molecule has 1 amide bonds. The lowest BCUT2D eigenvalue weighted by atomic mass is 9.97. The number of hydrogen-bond acceptors (Lipinski definition) is 2. The SMILES string of the molecule is Cl.NCC1(NC(=O)CCc2cccc(Br)c2)CCCC1. The molecule has 3 nitrogen and oxygen atoms in total. The highest BCUT2D eigenvalue weighted by Gasteiger charge is 2.33. The maximum atomic E-state index is 12.0. The fourth-order valence-corrected chi connectivity index (χ4v) is 3.19. The highest BCUT2D eigenvalue weighted by Crippen LogP contribution is 2.28. The predicted molar refractivity (Wildman–Crippen MR) is 88.1 cm³/mol. The van der Waals surface area contributed by atoms with Crippen molar-refractivity contribution in [3.05, 3.63) is 34.3 Å². The first-order chi connectivity index (χ1) is 9.13. The van der Waals surface area contributed by atoms with Crippen molar-refractivity contribution in [3.8, 4) is 0 Å². The highest BCUT2D eigenvalue weighted by atomic mass is 79.9. The monoisotopic (exact) mass is 360 g/mol. The Bertz CT molecular complexity index is 447. The smallest absolute Gasteiger partial charge is 0.220 e. The molecular weight excluding hydrogens is 340 g/mol. The van der Waals surface area contributed by atoms with E-state index in [2.05, 4.69) is 27.3 Å². The van der Waals surface area contributed by atoms with E-state index < -0.39 is 0 Å². The lowest BCUT2D eigenvalue weighted by Crippen LogP contribution is -2.51. The van der Waals surface area contributed by atoms with Crippen LogP contribution >= 0.6 is 28.3 Å². The van der Waals surface area contributed by atoms with Crippen LogP contribution in [0.1, 0.15) is 37.7 Å². The summed E-state index contributed by atoms with van der Waals surface area (Å²) in [6.07, 6.45) is 5.68. The zero-order chi connectivity index (χ0) is 13.7. The second kappa shape index (κ2) is 8.01. The van der Waals surface area contributed by atoms with Crippen LogP contribution in [0.15, 0.2) is 28.7 Å². The van der Waals surface area contributed by atoms with Gasteiger partial charge >= 0.3 is 0 Å². The van der Waals surface area contributed by atoms with Gasteiger partial charge in [-0.2, -0.15) is 0 Å². The summed E-state index contributed by atoms with van der Waals surface area (Å²) in [6, 6.07) is 8.09. The molecule has 0 atom stereocenters. The van der Waals surface area contributed by atoms with Crippen molar-refractivity contribution in [2.24, 2.45) is 5.73 Å². The van der Waals surface area contributed by atoms with E-state index in [1.807, 2.05) is 18.2 Å². The molecule has 1 aromatic rings. The largest absolute Gasteiger partial charge is 0.349 e. The van der Waals surface area contributed by atoms with E-state index in [-0.39, 0.29) is 23.9 Å². The molecule has 0 radical (unpaired) electrons. The number of aryl methyl sites for hydroxylation is 1. The van der Waals surface area contributed by atoms with E-state index in [9.17, 15) is 4.79 Å². The van der Waals surface area contributed by atoms with Crippen LogP contribution in [0.5, 0.6) is 0 Å². The summed E-state index contributed by atoms with van der Waals surface area (Å²) >= 11 is 3.44. The maximum absolute atomic E-state index is 12.0. The van der Waals surface area contributed by atoms with Gasteiger partial charge in [-0.25, -0.2) is 0 Å². The van der Waals surface area contributed by atoms with Crippen molar-refractivity contribution < 1.29 is 4.79 Å². The molecule has 20 heavy (non-hydrogen) atoms. The van der Waals surface area contributed by atoms with E-state index in [0.29, 0.717) is 13.0 Å². The number of carbonyl (C=O) groups excluding carboxylic acids is 1. The van der Waals surface area contributed by atoms with Crippen molar-refractivity contribution >= 4 is 34.2 Å². The van der Waals surface area contributed by atoms with Crippen molar-refractivity contribution in [1.82, 2.24) is 5.32 Å². The number of nitrogens with two attached hydrogens (primary N) is 1. The third-order valence-electron chi connectivity index (χ3n) is 3.89. The summed E-state index contributed by atoms with van der Waals surface area (Å²) in [6.45, 7) is 0.551. The Morgan fingerprint density at radius 2 is 2.05 bits per heavy atom. The Labute approximate surface area is 135 Å². The Morgan fingerprint density at radius 1 is 1.35 bits per heavy atom. The maximum Gasteiger partial charge on any atom is 0.220 e. The molecule has 0 saturated heterocycles. The van der Waals surface area contributed by atoms with Gasteiger partial charge in [-0.05, 0) is 37.0 Å². The Balaban J connectivity index is 0.00000200. The second-order valence-electron chi connectivity index (χ2n) is 5.37. The van der Waals surface area contributed by atoms with Gasteiger partial charge in [0.05, 0.1) is 5.54 Å². The van der Waals surface area contributed by atoms with Gasteiger partial charge in [-0.3, -0.25) is 4.79 Å². The van der Waals surface area contributed by atoms with Crippen LogP contribution in [0.2, 0.25) is 0 Å². The second-order valence-corrected chi connectivity index (χ2v) is 6.29. The lowest BCUT2D eigenvalue weighted by molar-refractivity contribution is -0.122. The van der Waals surface area contributed by atoms with Crippen molar-refractivity contribution in [3.63, 3.8) is 0 Å². The minimum atomic E-state index is -0.131. The van der Waals surface area contributed by atoms with Gasteiger partial charge in [-0.1, -0.05) is 40.9 Å². The summed E-state index contributed by atoms with van der Waals surface area (Å²) in [7, 11) is 0. The molecule has 0 aliphatic heterocycles. The van der Waals surface area contributed by atoms with Gasteiger partial charge < -0.3 is 11.1 Å². The molecule has 0 bridgehead atoms. The molecule has 0 unspecified atom stereocenters. The zero-order valence-corrected chi connectivity index (χ0v) is 13.9. The van der Waals surface area contributed by atoms with Gasteiger partial charge in [0.25, 0.3) is 0 Å². The van der Waals surface area contributed by atoms with Crippen LogP contribution in [0.25, 0.3) is 0 Å². The van der Waals surface area contributed by atoms with Gasteiger partial charge in [0, 0.05) is 17.4 Å². The molecule has 1 aliphatic carbocycles. The normalized spacial score (nSPS) is 16.5. The Hall–Kier alpha value is -0.580. The van der Waals surface area contributed by atoms with Crippen LogP contribution in [0.3, 0.4) is 0 Å². The average Bonchev–Trinajstić information content (AvgIpc) is 2.86. The quantitative estimate of drug-likeness (QED) is 0.846. The fourth-order valence-electron chi connectivity index (χ4n) is 2.74. The van der Waals surface area contributed by atoms with Crippen molar-refractivity contribution in [2.45, 2.75) is 44.1 Å². The third kappa shape index (κ3) is 4.76. The molecule has 0 heterocycles.